The first-order valence-electron chi connectivity index (χ1n) is 6.29. The van der Waals surface area contributed by atoms with Gasteiger partial charge in [-0.05, 0) is 13.3 Å². The molecular formula is C11H17N5O2. The van der Waals surface area contributed by atoms with Gasteiger partial charge in [0, 0.05) is 19.7 Å². The number of hydrogen-bond acceptors (Lipinski definition) is 5. The molecule has 0 saturated carbocycles. The van der Waals surface area contributed by atoms with Gasteiger partial charge in [-0.25, -0.2) is 4.68 Å². The highest BCUT2D eigenvalue weighted by atomic mass is 16.5. The van der Waals surface area contributed by atoms with Crippen LogP contribution in [0.15, 0.2) is 6.20 Å². The molecule has 2 atom stereocenters. The van der Waals surface area contributed by atoms with E-state index in [1.54, 1.807) is 10.9 Å². The summed E-state index contributed by atoms with van der Waals surface area (Å²) in [6.45, 7) is 4.44. The van der Waals surface area contributed by atoms with E-state index in [0.717, 1.165) is 19.5 Å². The fourth-order valence-electron chi connectivity index (χ4n) is 2.18. The summed E-state index contributed by atoms with van der Waals surface area (Å²) in [7, 11) is 0. The molecule has 18 heavy (non-hydrogen) atoms. The lowest BCUT2D eigenvalue weighted by Gasteiger charge is -2.26. The third-order valence-corrected chi connectivity index (χ3v) is 3.57. The number of aromatic nitrogens is 3. The van der Waals surface area contributed by atoms with Crippen LogP contribution in [0.1, 0.15) is 29.9 Å². The van der Waals surface area contributed by atoms with Crippen LogP contribution in [0.5, 0.6) is 0 Å². The van der Waals surface area contributed by atoms with Gasteiger partial charge in [-0.3, -0.25) is 4.79 Å². The van der Waals surface area contributed by atoms with Crippen molar-refractivity contribution in [2.75, 3.05) is 19.7 Å². The Balaban J connectivity index is 1.62. The SMILES string of the molecule is CC1OCCC1NC(=O)c1cn(C2CNC2)nn1. The molecule has 1 aromatic rings. The first kappa shape index (κ1) is 11.6. The van der Waals surface area contributed by atoms with Crippen LogP contribution in [-0.2, 0) is 4.74 Å². The van der Waals surface area contributed by atoms with Crippen LogP contribution in [0.3, 0.4) is 0 Å². The van der Waals surface area contributed by atoms with Crippen molar-refractivity contribution in [2.45, 2.75) is 31.5 Å². The van der Waals surface area contributed by atoms with Gasteiger partial charge in [0.1, 0.15) is 0 Å². The van der Waals surface area contributed by atoms with Gasteiger partial charge in [0.25, 0.3) is 5.91 Å². The summed E-state index contributed by atoms with van der Waals surface area (Å²) >= 11 is 0. The molecular weight excluding hydrogens is 234 g/mol. The lowest BCUT2D eigenvalue weighted by molar-refractivity contribution is 0.0861. The van der Waals surface area contributed by atoms with E-state index in [0.29, 0.717) is 18.3 Å². The van der Waals surface area contributed by atoms with Gasteiger partial charge < -0.3 is 15.4 Å². The van der Waals surface area contributed by atoms with Crippen molar-refractivity contribution in [1.29, 1.82) is 0 Å². The van der Waals surface area contributed by atoms with Gasteiger partial charge in [-0.2, -0.15) is 0 Å². The van der Waals surface area contributed by atoms with Gasteiger partial charge in [-0.15, -0.1) is 5.10 Å². The number of rotatable bonds is 3. The molecule has 2 saturated heterocycles. The van der Waals surface area contributed by atoms with Crippen molar-refractivity contribution in [3.05, 3.63) is 11.9 Å². The molecule has 0 aliphatic carbocycles. The summed E-state index contributed by atoms with van der Waals surface area (Å²) in [6.07, 6.45) is 2.63. The van der Waals surface area contributed by atoms with E-state index >= 15 is 0 Å². The second kappa shape index (κ2) is 4.66. The molecule has 0 bridgehead atoms. The first-order valence-corrected chi connectivity index (χ1v) is 6.29. The molecule has 2 aliphatic rings. The van der Waals surface area contributed by atoms with Crippen molar-refractivity contribution < 1.29 is 9.53 Å². The highest BCUT2D eigenvalue weighted by molar-refractivity contribution is 5.92. The molecule has 0 spiro atoms. The van der Waals surface area contributed by atoms with Crippen LogP contribution in [0.25, 0.3) is 0 Å². The Bertz CT molecular complexity index is 442. The Hall–Kier alpha value is -1.47. The second-order valence-corrected chi connectivity index (χ2v) is 4.84. The minimum Gasteiger partial charge on any atom is -0.376 e. The van der Waals surface area contributed by atoms with Crippen molar-refractivity contribution in [3.63, 3.8) is 0 Å². The predicted molar refractivity (Wildman–Crippen MR) is 63.2 cm³/mol. The number of amides is 1. The van der Waals surface area contributed by atoms with Gasteiger partial charge in [-0.1, -0.05) is 5.21 Å². The maximum atomic E-state index is 12.0. The number of carbonyl (C=O) groups is 1. The van der Waals surface area contributed by atoms with E-state index < -0.39 is 0 Å². The van der Waals surface area contributed by atoms with Gasteiger partial charge in [0.15, 0.2) is 5.69 Å². The summed E-state index contributed by atoms with van der Waals surface area (Å²) in [5, 5.41) is 14.0. The van der Waals surface area contributed by atoms with E-state index in [2.05, 4.69) is 20.9 Å². The van der Waals surface area contributed by atoms with Gasteiger partial charge in [0.2, 0.25) is 0 Å². The molecule has 0 aromatic carbocycles. The topological polar surface area (TPSA) is 81.1 Å². The Morgan fingerprint density at radius 2 is 2.44 bits per heavy atom. The lowest BCUT2D eigenvalue weighted by Crippen LogP contribution is -2.43. The van der Waals surface area contributed by atoms with Crippen molar-refractivity contribution in [2.24, 2.45) is 0 Å². The quantitative estimate of drug-likeness (QED) is 0.744. The molecule has 1 aromatic heterocycles. The summed E-state index contributed by atoms with van der Waals surface area (Å²) in [6, 6.07) is 0.404. The van der Waals surface area contributed by atoms with Crippen LogP contribution >= 0.6 is 0 Å². The number of ether oxygens (including phenoxy) is 1. The summed E-state index contributed by atoms with van der Waals surface area (Å²) in [5.74, 6) is -0.170. The standard InChI is InChI=1S/C11H17N5O2/c1-7-9(2-3-18-7)13-11(17)10-6-16(15-14-10)8-4-12-5-8/h6-9,12H,2-5H2,1H3,(H,13,17). The van der Waals surface area contributed by atoms with Crippen LogP contribution in [0, 0.1) is 0 Å². The third-order valence-electron chi connectivity index (χ3n) is 3.57. The minimum atomic E-state index is -0.170. The molecule has 2 N–H and O–H groups in total. The van der Waals surface area contributed by atoms with Crippen LogP contribution in [0.2, 0.25) is 0 Å². The number of nitrogens with zero attached hydrogens (tertiary/aromatic N) is 3. The lowest BCUT2D eigenvalue weighted by atomic mass is 10.1. The van der Waals surface area contributed by atoms with Crippen LogP contribution < -0.4 is 10.6 Å². The third kappa shape index (κ3) is 2.11. The van der Waals surface area contributed by atoms with E-state index in [1.807, 2.05) is 6.92 Å². The first-order chi connectivity index (χ1) is 8.74. The largest absolute Gasteiger partial charge is 0.376 e. The van der Waals surface area contributed by atoms with Crippen molar-refractivity contribution in [1.82, 2.24) is 25.6 Å². The van der Waals surface area contributed by atoms with E-state index in [9.17, 15) is 4.79 Å². The summed E-state index contributed by atoms with van der Waals surface area (Å²) in [4.78, 5) is 12.0. The summed E-state index contributed by atoms with van der Waals surface area (Å²) < 4.78 is 7.16. The fourth-order valence-corrected chi connectivity index (χ4v) is 2.18. The zero-order valence-corrected chi connectivity index (χ0v) is 10.3. The molecule has 98 valence electrons. The second-order valence-electron chi connectivity index (χ2n) is 4.84. The monoisotopic (exact) mass is 251 g/mol. The van der Waals surface area contributed by atoms with Crippen LogP contribution in [-0.4, -0.2) is 52.7 Å². The van der Waals surface area contributed by atoms with E-state index in [-0.39, 0.29) is 18.1 Å². The fraction of sp³-hybridized carbons (Fsp3) is 0.727. The minimum absolute atomic E-state index is 0.0693. The highest BCUT2D eigenvalue weighted by Crippen LogP contribution is 2.14. The summed E-state index contributed by atoms with van der Waals surface area (Å²) in [5.41, 5.74) is 0.376. The van der Waals surface area contributed by atoms with Crippen LogP contribution in [0.4, 0.5) is 0 Å². The molecule has 2 unspecified atom stereocenters. The normalized spacial score (nSPS) is 28.1. The van der Waals surface area contributed by atoms with E-state index in [4.69, 9.17) is 4.74 Å². The smallest absolute Gasteiger partial charge is 0.273 e. The number of carbonyl (C=O) groups excluding carboxylic acids is 1. The molecule has 0 radical (unpaired) electrons. The maximum Gasteiger partial charge on any atom is 0.273 e. The predicted octanol–water partition coefficient (Wildman–Crippen LogP) is -0.670. The zero-order chi connectivity index (χ0) is 12.5. The maximum absolute atomic E-state index is 12.0. The zero-order valence-electron chi connectivity index (χ0n) is 10.3. The number of nitrogens with one attached hydrogen (secondary N) is 2. The Labute approximate surface area is 105 Å². The molecule has 7 nitrogen and oxygen atoms in total. The molecule has 3 rings (SSSR count). The van der Waals surface area contributed by atoms with Gasteiger partial charge >= 0.3 is 0 Å². The molecule has 2 fully saturated rings. The Kier molecular flexibility index (Phi) is 3.00. The number of hydrogen-bond donors (Lipinski definition) is 2. The molecule has 2 aliphatic heterocycles. The van der Waals surface area contributed by atoms with Crippen molar-refractivity contribution >= 4 is 5.91 Å². The van der Waals surface area contributed by atoms with E-state index in [1.165, 1.54) is 0 Å². The average molecular weight is 251 g/mol. The highest BCUT2D eigenvalue weighted by Gasteiger charge is 2.27. The van der Waals surface area contributed by atoms with Crippen molar-refractivity contribution in [3.8, 4) is 0 Å². The average Bonchev–Trinajstić information content (AvgIpc) is 2.87. The van der Waals surface area contributed by atoms with Gasteiger partial charge in [0.05, 0.1) is 24.4 Å². The Morgan fingerprint density at radius 1 is 1.61 bits per heavy atom. The molecule has 3 heterocycles. The molecule has 1 amide bonds. The Morgan fingerprint density at radius 3 is 3.06 bits per heavy atom. The molecule has 7 heteroatoms.